The molecular formula is C22H34IO-. The molecule has 5 fully saturated rings. The van der Waals surface area contributed by atoms with Crippen LogP contribution in [0.2, 0.25) is 0 Å². The summed E-state index contributed by atoms with van der Waals surface area (Å²) in [7, 11) is 0. The van der Waals surface area contributed by atoms with Crippen molar-refractivity contribution in [3.05, 3.63) is 11.6 Å². The third-order valence-electron chi connectivity index (χ3n) is 8.92. The minimum absolute atomic E-state index is 0.369. The first-order chi connectivity index (χ1) is 11.4. The summed E-state index contributed by atoms with van der Waals surface area (Å²) in [6.07, 6.45) is 13.4. The molecule has 1 saturated heterocycles. The topological polar surface area (TPSA) is 20.2 Å². The van der Waals surface area contributed by atoms with Gasteiger partial charge in [-0.2, -0.15) is 0 Å². The van der Waals surface area contributed by atoms with E-state index in [1.54, 1.807) is 6.42 Å². The molecule has 5 rings (SSSR count). The van der Waals surface area contributed by atoms with Crippen molar-refractivity contribution < 1.29 is 26.3 Å². The number of aliphatic hydroxyl groups is 1. The minimum atomic E-state index is -0.369. The molecule has 1 heterocycles. The van der Waals surface area contributed by atoms with Crippen LogP contribution in [0.4, 0.5) is 0 Å². The molecule has 0 aromatic carbocycles. The molecule has 1 aliphatic heterocycles. The van der Waals surface area contributed by atoms with Crippen molar-refractivity contribution in [2.24, 2.45) is 35.0 Å². The SMILES string of the molecule is C/C=C1\[C@@H]2[I-][C@@H]2C[C@H]2[C@@H]3CC[C@@H]4C[C@](C)(O)CC[C@@H]4[C@H]3CC[C@]12C. The summed E-state index contributed by atoms with van der Waals surface area (Å²) >= 11 is 0.496. The van der Waals surface area contributed by atoms with Crippen molar-refractivity contribution >= 4 is 0 Å². The molecule has 0 spiro atoms. The van der Waals surface area contributed by atoms with E-state index in [4.69, 9.17) is 0 Å². The first-order valence-electron chi connectivity index (χ1n) is 10.4. The number of halogens is 1. The molecule has 0 aromatic heterocycles. The third-order valence-corrected chi connectivity index (χ3v) is 12.6. The van der Waals surface area contributed by atoms with Crippen molar-refractivity contribution in [3.8, 4) is 0 Å². The molecule has 5 aliphatic rings. The Morgan fingerprint density at radius 3 is 2.62 bits per heavy atom. The van der Waals surface area contributed by atoms with Crippen molar-refractivity contribution in [2.45, 2.75) is 85.6 Å². The van der Waals surface area contributed by atoms with Gasteiger partial charge in [0, 0.05) is 0 Å². The van der Waals surface area contributed by atoms with Gasteiger partial charge in [-0.15, -0.1) is 0 Å². The van der Waals surface area contributed by atoms with E-state index in [-0.39, 0.29) is 5.60 Å². The Morgan fingerprint density at radius 1 is 1.04 bits per heavy atom. The van der Waals surface area contributed by atoms with Crippen LogP contribution >= 0.6 is 0 Å². The maximum atomic E-state index is 10.5. The van der Waals surface area contributed by atoms with Crippen LogP contribution in [0.1, 0.15) is 72.1 Å². The zero-order chi connectivity index (χ0) is 16.7. The number of rotatable bonds is 0. The Balaban J connectivity index is 1.43. The van der Waals surface area contributed by atoms with Gasteiger partial charge in [-0.1, -0.05) is 0 Å². The summed E-state index contributed by atoms with van der Waals surface area (Å²) in [6, 6.07) is 0. The molecule has 0 radical (unpaired) electrons. The van der Waals surface area contributed by atoms with Crippen LogP contribution in [-0.4, -0.2) is 18.6 Å². The fourth-order valence-corrected chi connectivity index (χ4v) is 11.5. The van der Waals surface area contributed by atoms with Crippen molar-refractivity contribution in [3.63, 3.8) is 0 Å². The molecular weight excluding hydrogens is 407 g/mol. The molecule has 1 nitrogen and oxygen atoms in total. The molecule has 0 unspecified atom stereocenters. The van der Waals surface area contributed by atoms with Crippen molar-refractivity contribution in [2.75, 3.05) is 0 Å². The summed E-state index contributed by atoms with van der Waals surface area (Å²) in [5, 5.41) is 10.5. The summed E-state index contributed by atoms with van der Waals surface area (Å²) in [4.78, 5) is 0. The van der Waals surface area contributed by atoms with Gasteiger partial charge < -0.3 is 0 Å². The van der Waals surface area contributed by atoms with Crippen molar-refractivity contribution in [1.82, 2.24) is 0 Å². The normalized spacial score (nSPS) is 61.0. The second kappa shape index (κ2) is 5.47. The van der Waals surface area contributed by atoms with E-state index in [9.17, 15) is 5.11 Å². The second-order valence-electron chi connectivity index (χ2n) is 10.2. The molecule has 0 bridgehead atoms. The number of allylic oxidation sites excluding steroid dienone is 2. The number of fused-ring (bicyclic) bond motifs is 6. The van der Waals surface area contributed by atoms with Crippen LogP contribution < -0.4 is 21.2 Å². The second-order valence-corrected chi connectivity index (χ2v) is 13.8. The van der Waals surface area contributed by atoms with Crippen LogP contribution in [-0.2, 0) is 0 Å². The fourth-order valence-electron chi connectivity index (χ4n) is 7.81. The Hall–Kier alpha value is 0.430. The van der Waals surface area contributed by atoms with Gasteiger partial charge in [0.2, 0.25) is 0 Å². The number of alkyl halides is 2. The molecule has 2 heteroatoms. The fraction of sp³-hybridized carbons (Fsp3) is 0.909. The van der Waals surface area contributed by atoms with E-state index in [1.165, 1.54) is 32.1 Å². The Bertz CT molecular complexity index is 566. The van der Waals surface area contributed by atoms with E-state index in [0.717, 1.165) is 50.3 Å². The van der Waals surface area contributed by atoms with E-state index in [2.05, 4.69) is 26.8 Å². The van der Waals surface area contributed by atoms with Gasteiger partial charge in [-0.3, -0.25) is 0 Å². The standard InChI is InChI=1S/C22H34IO/c1-4-17-20-19(23-20)11-18-16-6-5-13-12-21(2,24)9-7-14(13)15(16)8-10-22(17,18)3/h4,13-16,18-20,24H,5-12H2,1-3H3/q-1/b17-4+/t13-,14+,15-,16-,18+,19-,20+,21-,22-/m1/s1. The Kier molecular flexibility index (Phi) is 3.78. The van der Waals surface area contributed by atoms with Gasteiger partial charge in [0.15, 0.2) is 0 Å². The molecule has 4 saturated carbocycles. The maximum absolute atomic E-state index is 10.5. The van der Waals surface area contributed by atoms with Crippen LogP contribution in [0.3, 0.4) is 0 Å². The number of hydrogen-bond donors (Lipinski definition) is 1. The summed E-state index contributed by atoms with van der Waals surface area (Å²) in [6.45, 7) is 7.07. The van der Waals surface area contributed by atoms with E-state index < -0.39 is 0 Å². The van der Waals surface area contributed by atoms with Gasteiger partial charge in [-0.25, -0.2) is 0 Å². The zero-order valence-electron chi connectivity index (χ0n) is 15.6. The Morgan fingerprint density at radius 2 is 1.83 bits per heavy atom. The van der Waals surface area contributed by atoms with Crippen LogP contribution in [0, 0.1) is 35.0 Å². The van der Waals surface area contributed by atoms with Gasteiger partial charge in [0.05, 0.1) is 0 Å². The summed E-state index contributed by atoms with van der Waals surface area (Å²) in [5.74, 6) is 4.76. The van der Waals surface area contributed by atoms with Crippen LogP contribution in [0.25, 0.3) is 0 Å². The molecule has 136 valence electrons. The predicted octanol–water partition coefficient (Wildman–Crippen LogP) is 1.79. The molecule has 4 aliphatic carbocycles. The van der Waals surface area contributed by atoms with Gasteiger partial charge >= 0.3 is 159 Å². The quantitative estimate of drug-likeness (QED) is 0.345. The Labute approximate surface area is 158 Å². The molecule has 0 amide bonds. The first-order valence-corrected chi connectivity index (χ1v) is 12.9. The summed E-state index contributed by atoms with van der Waals surface area (Å²) < 4.78 is 2.23. The van der Waals surface area contributed by atoms with E-state index >= 15 is 0 Å². The van der Waals surface area contributed by atoms with Crippen LogP contribution in [0.5, 0.6) is 0 Å². The molecule has 1 N–H and O–H groups in total. The predicted molar refractivity (Wildman–Crippen MR) is 94.4 cm³/mol. The summed E-state index contributed by atoms with van der Waals surface area (Å²) in [5.41, 5.74) is 2.09. The van der Waals surface area contributed by atoms with E-state index in [0.29, 0.717) is 26.6 Å². The van der Waals surface area contributed by atoms with Crippen molar-refractivity contribution in [1.29, 1.82) is 0 Å². The third kappa shape index (κ3) is 2.33. The van der Waals surface area contributed by atoms with E-state index in [1.807, 2.05) is 5.57 Å². The molecule has 9 atom stereocenters. The average Bonchev–Trinajstić information content (AvgIpc) is 3.29. The van der Waals surface area contributed by atoms with Gasteiger partial charge in [-0.05, 0) is 0 Å². The number of hydrogen-bond acceptors (Lipinski definition) is 1. The molecule has 0 aromatic rings. The van der Waals surface area contributed by atoms with Crippen LogP contribution in [0.15, 0.2) is 11.6 Å². The van der Waals surface area contributed by atoms with Gasteiger partial charge in [0.25, 0.3) is 0 Å². The zero-order valence-corrected chi connectivity index (χ0v) is 17.8. The first kappa shape index (κ1) is 16.6. The monoisotopic (exact) mass is 441 g/mol. The average molecular weight is 441 g/mol. The van der Waals surface area contributed by atoms with Gasteiger partial charge in [0.1, 0.15) is 0 Å². The molecule has 24 heavy (non-hydrogen) atoms.